The van der Waals surface area contributed by atoms with Gasteiger partial charge in [-0.3, -0.25) is 4.79 Å². The Bertz CT molecular complexity index is 1370. The smallest absolute Gasteiger partial charge is 0.328 e. The van der Waals surface area contributed by atoms with Crippen LogP contribution in [0.25, 0.3) is 17.2 Å². The summed E-state index contributed by atoms with van der Waals surface area (Å²) < 4.78 is 23.8. The van der Waals surface area contributed by atoms with Gasteiger partial charge in [0.05, 0.1) is 7.89 Å². The lowest BCUT2D eigenvalue weighted by Gasteiger charge is -2.30. The lowest BCUT2D eigenvalue weighted by molar-refractivity contribution is -0.131. The van der Waals surface area contributed by atoms with E-state index in [1.165, 1.54) is 29.2 Å². The molecule has 1 N–H and O–H groups in total. The average molecular weight is 536 g/mol. The fourth-order valence-corrected chi connectivity index (χ4v) is 4.94. The van der Waals surface area contributed by atoms with Crippen molar-refractivity contribution >= 4 is 40.9 Å². The van der Waals surface area contributed by atoms with Crippen molar-refractivity contribution in [1.82, 2.24) is 0 Å². The molecular weight excluding hydrogens is 503 g/mol. The van der Waals surface area contributed by atoms with Gasteiger partial charge < -0.3 is 14.9 Å². The van der Waals surface area contributed by atoms with Crippen molar-refractivity contribution in [3.8, 4) is 11.1 Å². The quantitative estimate of drug-likeness (QED) is 0.305. The summed E-state index contributed by atoms with van der Waals surface area (Å²) in [6, 6.07) is 17.3. The van der Waals surface area contributed by atoms with E-state index in [1.54, 1.807) is 12.1 Å². The van der Waals surface area contributed by atoms with Gasteiger partial charge in [0, 0.05) is 42.5 Å². The Morgan fingerprint density at radius 2 is 1.68 bits per heavy atom. The van der Waals surface area contributed by atoms with Gasteiger partial charge in [-0.2, -0.15) is 0 Å². The second kappa shape index (κ2) is 12.3. The molecule has 1 saturated carbocycles. The summed E-state index contributed by atoms with van der Waals surface area (Å²) in [5.41, 5.74) is 3.79. The van der Waals surface area contributed by atoms with Gasteiger partial charge in [0.1, 0.15) is 5.82 Å². The predicted molar refractivity (Wildman–Crippen MR) is 152 cm³/mol. The Labute approximate surface area is 229 Å². The van der Waals surface area contributed by atoms with Crippen molar-refractivity contribution < 1.29 is 20.5 Å². The molecule has 3 aromatic carbocycles. The Morgan fingerprint density at radius 3 is 2.32 bits per heavy atom. The van der Waals surface area contributed by atoms with E-state index in [1.807, 2.05) is 49.3 Å². The van der Waals surface area contributed by atoms with Crippen LogP contribution < -0.4 is 9.80 Å². The van der Waals surface area contributed by atoms with Crippen molar-refractivity contribution in [1.29, 1.82) is 0 Å². The standard InChI is InChI=1S/C31H32ClFN2O3/c1-34(2)27-13-11-22(12-14-27)24-9-10-25(29(32)18-24)20-35(31(38)23-6-4-3-5-7-23)28-17-21(8-15-30(36)37)16-26(33)19-28/h8-19,23H,3-7,20H2,1-2H3,(H,36,37)/b15-8+/i20D. The van der Waals surface area contributed by atoms with Gasteiger partial charge in [-0.05, 0) is 77.6 Å². The number of carbonyl (C=O) groups excluding carboxylic acids is 1. The van der Waals surface area contributed by atoms with Crippen molar-refractivity contribution in [2.24, 2.45) is 5.92 Å². The first-order valence-corrected chi connectivity index (χ1v) is 13.1. The molecular formula is C31H32ClFN2O3. The molecule has 1 fully saturated rings. The SMILES string of the molecule is [2H]C(c1ccc(-c2ccc(N(C)C)cc2)cc1Cl)N(C(=O)C1CCCCC1)c1cc(F)cc(/C=C/C(=O)O)c1. The maximum absolute atomic E-state index is 14.7. The molecule has 1 aliphatic rings. The maximum Gasteiger partial charge on any atom is 0.328 e. The highest BCUT2D eigenvalue weighted by atomic mass is 35.5. The van der Waals surface area contributed by atoms with Crippen LogP contribution in [0.1, 0.15) is 44.6 Å². The number of anilines is 2. The molecule has 0 heterocycles. The molecule has 0 bridgehead atoms. The van der Waals surface area contributed by atoms with E-state index >= 15 is 0 Å². The highest BCUT2D eigenvalue weighted by Crippen LogP contribution is 2.33. The lowest BCUT2D eigenvalue weighted by Crippen LogP contribution is -2.37. The van der Waals surface area contributed by atoms with Gasteiger partial charge in [-0.15, -0.1) is 0 Å². The highest BCUT2D eigenvalue weighted by molar-refractivity contribution is 6.31. The number of aliphatic carboxylic acids is 1. The molecule has 4 rings (SSSR count). The van der Waals surface area contributed by atoms with Crippen LogP contribution >= 0.6 is 11.6 Å². The fraction of sp³-hybridized carbons (Fsp3) is 0.290. The zero-order valence-electron chi connectivity index (χ0n) is 22.5. The van der Waals surface area contributed by atoms with E-state index < -0.39 is 18.3 Å². The highest BCUT2D eigenvalue weighted by Gasteiger charge is 2.28. The number of carboxylic acids is 1. The third-order valence-electron chi connectivity index (χ3n) is 6.78. The Morgan fingerprint density at radius 1 is 1.00 bits per heavy atom. The first kappa shape index (κ1) is 26.0. The van der Waals surface area contributed by atoms with Crippen LogP contribution in [-0.2, 0) is 16.1 Å². The Kier molecular flexibility index (Phi) is 8.39. The largest absolute Gasteiger partial charge is 0.478 e. The number of carboxylic acid groups (broad SMARTS) is 1. The second-order valence-electron chi connectivity index (χ2n) is 9.76. The predicted octanol–water partition coefficient (Wildman–Crippen LogP) is 7.42. The van der Waals surface area contributed by atoms with E-state index in [-0.39, 0.29) is 23.1 Å². The summed E-state index contributed by atoms with van der Waals surface area (Å²) in [5.74, 6) is -2.33. The van der Waals surface area contributed by atoms with E-state index in [2.05, 4.69) is 0 Å². The van der Waals surface area contributed by atoms with E-state index in [9.17, 15) is 14.0 Å². The molecule has 198 valence electrons. The number of rotatable bonds is 8. The summed E-state index contributed by atoms with van der Waals surface area (Å²) in [6.07, 6.45) is 6.49. The maximum atomic E-state index is 14.7. The number of halogens is 2. The van der Waals surface area contributed by atoms with Gasteiger partial charge in [0.15, 0.2) is 0 Å². The number of amides is 1. The zero-order valence-corrected chi connectivity index (χ0v) is 22.3. The van der Waals surface area contributed by atoms with Gasteiger partial charge >= 0.3 is 5.97 Å². The van der Waals surface area contributed by atoms with Crippen LogP contribution in [0.15, 0.2) is 66.7 Å². The van der Waals surface area contributed by atoms with Crippen LogP contribution in [0.4, 0.5) is 15.8 Å². The molecule has 38 heavy (non-hydrogen) atoms. The lowest BCUT2D eigenvalue weighted by atomic mass is 9.88. The van der Waals surface area contributed by atoms with Crippen molar-refractivity contribution in [3.05, 3.63) is 88.7 Å². The molecule has 1 aliphatic carbocycles. The fourth-order valence-electron chi connectivity index (χ4n) is 4.71. The molecule has 1 unspecified atom stereocenters. The Balaban J connectivity index is 1.72. The summed E-state index contributed by atoms with van der Waals surface area (Å²) in [4.78, 5) is 28.1. The van der Waals surface area contributed by atoms with Crippen LogP contribution in [0.2, 0.25) is 5.02 Å². The summed E-state index contributed by atoms with van der Waals surface area (Å²) >= 11 is 6.71. The summed E-state index contributed by atoms with van der Waals surface area (Å²) in [7, 11) is 3.94. The number of benzene rings is 3. The first-order chi connectivity index (χ1) is 18.6. The monoisotopic (exact) mass is 535 g/mol. The first-order valence-electron chi connectivity index (χ1n) is 13.3. The molecule has 0 spiro atoms. The normalized spacial score (nSPS) is 15.2. The van der Waals surface area contributed by atoms with Crippen molar-refractivity contribution in [2.75, 3.05) is 23.9 Å². The molecule has 3 aromatic rings. The van der Waals surface area contributed by atoms with Gasteiger partial charge in [0.2, 0.25) is 5.91 Å². The van der Waals surface area contributed by atoms with Gasteiger partial charge in [-0.1, -0.05) is 55.1 Å². The average Bonchev–Trinajstić information content (AvgIpc) is 2.92. The zero-order chi connectivity index (χ0) is 28.1. The number of nitrogens with zero attached hydrogens (tertiary/aromatic N) is 2. The van der Waals surface area contributed by atoms with E-state index in [0.717, 1.165) is 42.2 Å². The summed E-state index contributed by atoms with van der Waals surface area (Å²) in [6.45, 7) is -1.23. The Hall–Kier alpha value is -3.64. The number of carbonyl (C=O) groups is 2. The van der Waals surface area contributed by atoms with Gasteiger partial charge in [0.25, 0.3) is 0 Å². The molecule has 0 aromatic heterocycles. The third-order valence-corrected chi connectivity index (χ3v) is 7.11. The topological polar surface area (TPSA) is 60.9 Å². The molecule has 0 aliphatic heterocycles. The van der Waals surface area contributed by atoms with E-state index in [4.69, 9.17) is 18.1 Å². The van der Waals surface area contributed by atoms with Crippen molar-refractivity contribution in [2.45, 2.75) is 38.6 Å². The van der Waals surface area contributed by atoms with Crippen LogP contribution in [-0.4, -0.2) is 31.1 Å². The number of hydrogen-bond acceptors (Lipinski definition) is 3. The minimum absolute atomic E-state index is 0.190. The van der Waals surface area contributed by atoms with Crippen LogP contribution in [0, 0.1) is 11.7 Å². The molecule has 0 radical (unpaired) electrons. The van der Waals surface area contributed by atoms with Crippen LogP contribution in [0.5, 0.6) is 0 Å². The molecule has 1 atom stereocenters. The second-order valence-corrected chi connectivity index (χ2v) is 10.2. The van der Waals surface area contributed by atoms with Gasteiger partial charge in [-0.25, -0.2) is 9.18 Å². The van der Waals surface area contributed by atoms with E-state index in [0.29, 0.717) is 23.4 Å². The number of hydrogen-bond donors (Lipinski definition) is 1. The molecule has 0 saturated heterocycles. The minimum Gasteiger partial charge on any atom is -0.478 e. The van der Waals surface area contributed by atoms with Crippen molar-refractivity contribution in [3.63, 3.8) is 0 Å². The molecule has 1 amide bonds. The van der Waals surface area contributed by atoms with Crippen LogP contribution in [0.3, 0.4) is 0 Å². The molecule has 7 heteroatoms. The minimum atomic E-state index is -1.23. The summed E-state index contributed by atoms with van der Waals surface area (Å²) in [5, 5.41) is 9.33. The molecule has 5 nitrogen and oxygen atoms in total. The third kappa shape index (κ3) is 6.81.